The monoisotopic (exact) mass is 266 g/mol. The Bertz CT molecular complexity index is 560. The van der Waals surface area contributed by atoms with Gasteiger partial charge in [0, 0.05) is 0 Å². The number of hydrogen-bond acceptors (Lipinski definition) is 3. The molecule has 1 heterocycles. The summed E-state index contributed by atoms with van der Waals surface area (Å²) in [6, 6.07) is 7.42. The molecule has 1 aromatic carbocycles. The van der Waals surface area contributed by atoms with E-state index in [1.165, 1.54) is 0 Å². The van der Waals surface area contributed by atoms with Crippen LogP contribution in [0.4, 0.5) is 4.39 Å². The minimum Gasteiger partial charge on any atom is -0.436 e. The minimum atomic E-state index is -0.644. The highest BCUT2D eigenvalue weighted by Gasteiger charge is 2.09. The molecule has 0 unspecified atom stereocenters. The predicted octanol–water partition coefficient (Wildman–Crippen LogP) is 4.18. The molecular weight excluding hydrogens is 255 g/mol. The van der Waals surface area contributed by atoms with Crippen LogP contribution in [0, 0.1) is 5.82 Å². The molecule has 2 aromatic rings. The second kappa shape index (κ2) is 5.31. The maximum absolute atomic E-state index is 13.4. The van der Waals surface area contributed by atoms with Crippen molar-refractivity contribution in [3.63, 3.8) is 0 Å². The van der Waals surface area contributed by atoms with Crippen molar-refractivity contribution in [2.24, 2.45) is 0 Å². The SMILES string of the molecule is CC(C)c1cccc(Oc2nc(Cl)ncc2F)c1. The first kappa shape index (κ1) is 12.8. The van der Waals surface area contributed by atoms with Gasteiger partial charge >= 0.3 is 0 Å². The van der Waals surface area contributed by atoms with Crippen LogP contribution >= 0.6 is 11.6 Å². The van der Waals surface area contributed by atoms with Gasteiger partial charge in [-0.1, -0.05) is 26.0 Å². The standard InChI is InChI=1S/C13H12ClFN2O/c1-8(2)9-4-3-5-10(6-9)18-12-11(15)7-16-13(14)17-12/h3-8H,1-2H3. The first-order valence-electron chi connectivity index (χ1n) is 5.52. The number of aromatic nitrogens is 2. The third-order valence-corrected chi connectivity index (χ3v) is 2.60. The summed E-state index contributed by atoms with van der Waals surface area (Å²) in [6.07, 6.45) is 0.983. The van der Waals surface area contributed by atoms with E-state index in [0.29, 0.717) is 11.7 Å². The quantitative estimate of drug-likeness (QED) is 0.782. The maximum Gasteiger partial charge on any atom is 0.260 e. The largest absolute Gasteiger partial charge is 0.436 e. The lowest BCUT2D eigenvalue weighted by Gasteiger charge is -2.09. The summed E-state index contributed by atoms with van der Waals surface area (Å²) >= 11 is 5.60. The highest BCUT2D eigenvalue weighted by atomic mass is 35.5. The molecule has 0 aliphatic heterocycles. The van der Waals surface area contributed by atoms with Gasteiger partial charge in [0.15, 0.2) is 0 Å². The van der Waals surface area contributed by atoms with Crippen LogP contribution in [0.1, 0.15) is 25.3 Å². The van der Waals surface area contributed by atoms with Crippen molar-refractivity contribution in [1.29, 1.82) is 0 Å². The van der Waals surface area contributed by atoms with Crippen LogP contribution < -0.4 is 4.74 Å². The second-order valence-corrected chi connectivity index (χ2v) is 4.46. The topological polar surface area (TPSA) is 35.0 Å². The highest BCUT2D eigenvalue weighted by Crippen LogP contribution is 2.25. The summed E-state index contributed by atoms with van der Waals surface area (Å²) in [6.45, 7) is 4.14. The van der Waals surface area contributed by atoms with Gasteiger partial charge < -0.3 is 4.74 Å². The lowest BCUT2D eigenvalue weighted by atomic mass is 10.0. The van der Waals surface area contributed by atoms with Crippen LogP contribution in [-0.2, 0) is 0 Å². The summed E-state index contributed by atoms with van der Waals surface area (Å²) in [5.74, 6) is 0.0764. The van der Waals surface area contributed by atoms with Crippen LogP contribution in [0.25, 0.3) is 0 Å². The Morgan fingerprint density at radius 3 is 2.83 bits per heavy atom. The summed E-state index contributed by atoms with van der Waals surface area (Å²) in [4.78, 5) is 7.23. The lowest BCUT2D eigenvalue weighted by molar-refractivity contribution is 0.419. The molecule has 0 aliphatic carbocycles. The molecule has 0 atom stereocenters. The fourth-order valence-corrected chi connectivity index (χ4v) is 1.58. The number of ether oxygens (including phenoxy) is 1. The molecule has 0 amide bonds. The van der Waals surface area contributed by atoms with Gasteiger partial charge in [0.05, 0.1) is 6.20 Å². The van der Waals surface area contributed by atoms with Crippen molar-refractivity contribution < 1.29 is 9.13 Å². The van der Waals surface area contributed by atoms with Crippen LogP contribution in [0.2, 0.25) is 5.28 Å². The lowest BCUT2D eigenvalue weighted by Crippen LogP contribution is -1.95. The van der Waals surface area contributed by atoms with Gasteiger partial charge in [-0.25, -0.2) is 4.98 Å². The fourth-order valence-electron chi connectivity index (χ4n) is 1.45. The van der Waals surface area contributed by atoms with Gasteiger partial charge in [-0.2, -0.15) is 9.37 Å². The van der Waals surface area contributed by atoms with E-state index < -0.39 is 5.82 Å². The Hall–Kier alpha value is -1.68. The van der Waals surface area contributed by atoms with E-state index in [0.717, 1.165) is 11.8 Å². The zero-order valence-corrected chi connectivity index (χ0v) is 10.8. The van der Waals surface area contributed by atoms with Crippen molar-refractivity contribution in [2.75, 3.05) is 0 Å². The van der Waals surface area contributed by atoms with Crippen LogP contribution in [0.15, 0.2) is 30.5 Å². The molecule has 0 bridgehead atoms. The van der Waals surface area contributed by atoms with Gasteiger partial charge in [0.25, 0.3) is 5.88 Å². The fraction of sp³-hybridized carbons (Fsp3) is 0.231. The van der Waals surface area contributed by atoms with Crippen molar-refractivity contribution in [2.45, 2.75) is 19.8 Å². The first-order chi connectivity index (χ1) is 8.56. The van der Waals surface area contributed by atoms with Crippen LogP contribution in [0.5, 0.6) is 11.6 Å². The highest BCUT2D eigenvalue weighted by molar-refractivity contribution is 6.28. The van der Waals surface area contributed by atoms with Crippen molar-refractivity contribution in [3.05, 3.63) is 47.1 Å². The van der Waals surface area contributed by atoms with E-state index in [2.05, 4.69) is 23.8 Å². The van der Waals surface area contributed by atoms with Gasteiger partial charge in [0.2, 0.25) is 11.1 Å². The van der Waals surface area contributed by atoms with Gasteiger partial charge in [-0.3, -0.25) is 0 Å². The van der Waals surface area contributed by atoms with E-state index in [1.54, 1.807) is 6.07 Å². The van der Waals surface area contributed by atoms with Crippen LogP contribution in [-0.4, -0.2) is 9.97 Å². The molecule has 0 fully saturated rings. The summed E-state index contributed by atoms with van der Waals surface area (Å²) in [5, 5.41) is -0.0496. The summed E-state index contributed by atoms with van der Waals surface area (Å²) in [7, 11) is 0. The molecule has 5 heteroatoms. The van der Waals surface area contributed by atoms with Gasteiger partial charge in [0.1, 0.15) is 5.75 Å². The minimum absolute atomic E-state index is 0.0496. The second-order valence-electron chi connectivity index (χ2n) is 4.12. The van der Waals surface area contributed by atoms with Crippen molar-refractivity contribution >= 4 is 11.6 Å². The average Bonchev–Trinajstić information content (AvgIpc) is 2.34. The number of halogens is 2. The average molecular weight is 267 g/mol. The number of rotatable bonds is 3. The third kappa shape index (κ3) is 2.96. The Morgan fingerprint density at radius 2 is 2.11 bits per heavy atom. The molecule has 18 heavy (non-hydrogen) atoms. The predicted molar refractivity (Wildman–Crippen MR) is 67.6 cm³/mol. The van der Waals surface area contributed by atoms with Crippen molar-refractivity contribution in [1.82, 2.24) is 9.97 Å². The van der Waals surface area contributed by atoms with E-state index in [4.69, 9.17) is 16.3 Å². The zero-order valence-electron chi connectivity index (χ0n) is 10.0. The van der Waals surface area contributed by atoms with Gasteiger partial charge in [-0.15, -0.1) is 0 Å². The molecule has 0 radical (unpaired) electrons. The molecule has 94 valence electrons. The Balaban J connectivity index is 2.28. The maximum atomic E-state index is 13.4. The molecule has 0 saturated carbocycles. The first-order valence-corrected chi connectivity index (χ1v) is 5.90. The summed E-state index contributed by atoms with van der Waals surface area (Å²) in [5.41, 5.74) is 1.10. The molecule has 2 rings (SSSR count). The molecule has 0 saturated heterocycles. The summed E-state index contributed by atoms with van der Waals surface area (Å²) < 4.78 is 18.8. The molecular formula is C13H12ClFN2O. The number of benzene rings is 1. The molecule has 0 spiro atoms. The normalized spacial score (nSPS) is 10.7. The molecule has 0 aliphatic rings. The number of nitrogens with zero attached hydrogens (tertiary/aromatic N) is 2. The third-order valence-electron chi connectivity index (χ3n) is 2.42. The van der Waals surface area contributed by atoms with E-state index in [9.17, 15) is 4.39 Å². The van der Waals surface area contributed by atoms with Crippen molar-refractivity contribution in [3.8, 4) is 11.6 Å². The Labute approximate surface area is 110 Å². The zero-order chi connectivity index (χ0) is 13.1. The van der Waals surface area contributed by atoms with Gasteiger partial charge in [-0.05, 0) is 35.2 Å². The van der Waals surface area contributed by atoms with Crippen LogP contribution in [0.3, 0.4) is 0 Å². The smallest absolute Gasteiger partial charge is 0.260 e. The Kier molecular flexibility index (Phi) is 3.77. The molecule has 1 aromatic heterocycles. The van der Waals surface area contributed by atoms with E-state index in [-0.39, 0.29) is 11.2 Å². The molecule has 3 nitrogen and oxygen atoms in total. The molecule has 0 N–H and O–H groups in total. The number of hydrogen-bond donors (Lipinski definition) is 0. The van der Waals surface area contributed by atoms with E-state index in [1.807, 2.05) is 18.2 Å². The Morgan fingerprint density at radius 1 is 1.33 bits per heavy atom. The van der Waals surface area contributed by atoms with E-state index >= 15 is 0 Å².